The van der Waals surface area contributed by atoms with Gasteiger partial charge in [0.2, 0.25) is 0 Å². The summed E-state index contributed by atoms with van der Waals surface area (Å²) in [7, 11) is 0. The standard InChI is InChI=1S/C22H22N4O3/c27-21(25-23-15-7-13-19-9-3-1-4-10-19)17-29-18-22(28)26-24-16-8-14-20-11-5-2-6-12-20/h1-16H,17-18H2,(H,25,27)(H,26,28). The van der Waals surface area contributed by atoms with Gasteiger partial charge in [-0.25, -0.2) is 10.9 Å². The lowest BCUT2D eigenvalue weighted by atomic mass is 10.2. The maximum absolute atomic E-state index is 11.5. The highest BCUT2D eigenvalue weighted by Crippen LogP contribution is 2.00. The van der Waals surface area contributed by atoms with Crippen LogP contribution < -0.4 is 10.9 Å². The fourth-order valence-corrected chi connectivity index (χ4v) is 2.04. The average molecular weight is 390 g/mol. The van der Waals surface area contributed by atoms with E-state index in [0.29, 0.717) is 0 Å². The summed E-state index contributed by atoms with van der Waals surface area (Å²) in [6, 6.07) is 19.4. The van der Waals surface area contributed by atoms with Crippen molar-refractivity contribution in [1.29, 1.82) is 0 Å². The number of nitrogens with zero attached hydrogens (tertiary/aromatic N) is 2. The van der Waals surface area contributed by atoms with Gasteiger partial charge in [0.25, 0.3) is 11.8 Å². The number of hydrogen-bond donors (Lipinski definition) is 2. The van der Waals surface area contributed by atoms with Gasteiger partial charge in [-0.15, -0.1) is 0 Å². The Morgan fingerprint density at radius 1 is 0.724 bits per heavy atom. The van der Waals surface area contributed by atoms with Gasteiger partial charge in [0.15, 0.2) is 0 Å². The van der Waals surface area contributed by atoms with Gasteiger partial charge in [0.05, 0.1) is 0 Å². The van der Waals surface area contributed by atoms with Crippen LogP contribution in [0.25, 0.3) is 12.2 Å². The van der Waals surface area contributed by atoms with E-state index in [-0.39, 0.29) is 13.2 Å². The van der Waals surface area contributed by atoms with Gasteiger partial charge in [-0.2, -0.15) is 10.2 Å². The highest BCUT2D eigenvalue weighted by Gasteiger charge is 2.03. The van der Waals surface area contributed by atoms with E-state index in [9.17, 15) is 9.59 Å². The number of benzene rings is 2. The van der Waals surface area contributed by atoms with Crippen LogP contribution in [0.1, 0.15) is 11.1 Å². The third kappa shape index (κ3) is 10.2. The molecule has 0 aliphatic heterocycles. The lowest BCUT2D eigenvalue weighted by molar-refractivity contribution is -0.130. The Hall–Kier alpha value is -3.84. The number of ether oxygens (including phenoxy) is 1. The summed E-state index contributed by atoms with van der Waals surface area (Å²) < 4.78 is 5.00. The fourth-order valence-electron chi connectivity index (χ4n) is 2.04. The minimum absolute atomic E-state index is 0.287. The number of carbonyl (C=O) groups is 2. The smallest absolute Gasteiger partial charge is 0.266 e. The van der Waals surface area contributed by atoms with E-state index in [0.717, 1.165) is 11.1 Å². The first-order valence-corrected chi connectivity index (χ1v) is 8.89. The Morgan fingerprint density at radius 3 is 1.55 bits per heavy atom. The molecule has 7 nitrogen and oxygen atoms in total. The molecule has 0 aliphatic carbocycles. The molecule has 29 heavy (non-hydrogen) atoms. The monoisotopic (exact) mass is 390 g/mol. The van der Waals surface area contributed by atoms with Gasteiger partial charge < -0.3 is 4.74 Å². The lowest BCUT2D eigenvalue weighted by Crippen LogP contribution is -2.28. The summed E-state index contributed by atoms with van der Waals surface area (Å²) in [5, 5.41) is 7.51. The zero-order valence-electron chi connectivity index (χ0n) is 15.8. The summed E-state index contributed by atoms with van der Waals surface area (Å²) in [5.41, 5.74) is 6.66. The molecule has 0 heterocycles. The normalized spacial score (nSPS) is 11.6. The van der Waals surface area contributed by atoms with Crippen molar-refractivity contribution in [2.45, 2.75) is 0 Å². The van der Waals surface area contributed by atoms with Crippen LogP contribution in [0.5, 0.6) is 0 Å². The first-order chi connectivity index (χ1) is 14.2. The number of allylic oxidation sites excluding steroid dienone is 2. The van der Waals surface area contributed by atoms with E-state index in [4.69, 9.17) is 4.74 Å². The summed E-state index contributed by atoms with van der Waals surface area (Å²) in [4.78, 5) is 23.1. The fraction of sp³-hybridized carbons (Fsp3) is 0.0909. The molecule has 0 aliphatic rings. The molecule has 2 amide bonds. The topological polar surface area (TPSA) is 92.2 Å². The summed E-state index contributed by atoms with van der Waals surface area (Å²) >= 11 is 0. The Balaban J connectivity index is 1.55. The predicted molar refractivity (Wildman–Crippen MR) is 115 cm³/mol. The van der Waals surface area contributed by atoms with E-state index in [1.54, 1.807) is 12.2 Å². The van der Waals surface area contributed by atoms with Gasteiger partial charge in [-0.05, 0) is 23.3 Å². The predicted octanol–water partition coefficient (Wildman–Crippen LogP) is 2.63. The second kappa shape index (κ2) is 13.3. The molecule has 0 aromatic heterocycles. The molecule has 2 rings (SSSR count). The summed E-state index contributed by atoms with van der Waals surface area (Å²) in [6.45, 7) is -0.574. The quantitative estimate of drug-likeness (QED) is 0.482. The largest absolute Gasteiger partial charge is 0.362 e. The van der Waals surface area contributed by atoms with Crippen LogP contribution in [-0.2, 0) is 14.3 Å². The number of nitrogens with one attached hydrogen (secondary N) is 2. The van der Waals surface area contributed by atoms with Crippen LogP contribution in [0.15, 0.2) is 83.0 Å². The summed E-state index contributed by atoms with van der Waals surface area (Å²) in [5.74, 6) is -0.923. The first kappa shape index (κ1) is 21.5. The number of hydrogen-bond acceptors (Lipinski definition) is 5. The summed E-state index contributed by atoms with van der Waals surface area (Å²) in [6.07, 6.45) is 10.0. The molecule has 2 N–H and O–H groups in total. The molecule has 2 aromatic carbocycles. The molecule has 0 radical (unpaired) electrons. The Kier molecular flexibility index (Phi) is 9.88. The molecule has 7 heteroatoms. The van der Waals surface area contributed by atoms with E-state index in [1.165, 1.54) is 12.4 Å². The van der Waals surface area contributed by atoms with Gasteiger partial charge >= 0.3 is 0 Å². The third-order valence-electron chi connectivity index (χ3n) is 3.34. The van der Waals surface area contributed by atoms with E-state index in [1.807, 2.05) is 72.8 Å². The van der Waals surface area contributed by atoms with Crippen LogP contribution >= 0.6 is 0 Å². The maximum Gasteiger partial charge on any atom is 0.266 e. The van der Waals surface area contributed by atoms with Gasteiger partial charge in [-0.3, -0.25) is 9.59 Å². The van der Waals surface area contributed by atoms with Crippen molar-refractivity contribution in [3.05, 3.63) is 83.9 Å². The van der Waals surface area contributed by atoms with Crippen LogP contribution in [0.3, 0.4) is 0 Å². The van der Waals surface area contributed by atoms with Crippen molar-refractivity contribution in [3.8, 4) is 0 Å². The van der Waals surface area contributed by atoms with Crippen molar-refractivity contribution >= 4 is 36.4 Å². The van der Waals surface area contributed by atoms with E-state index >= 15 is 0 Å². The second-order valence-corrected chi connectivity index (χ2v) is 5.66. The first-order valence-electron chi connectivity index (χ1n) is 8.89. The molecule has 0 fully saturated rings. The molecule has 0 saturated heterocycles. The highest BCUT2D eigenvalue weighted by atomic mass is 16.5. The maximum atomic E-state index is 11.5. The third-order valence-corrected chi connectivity index (χ3v) is 3.34. The molecular weight excluding hydrogens is 368 g/mol. The van der Waals surface area contributed by atoms with Crippen molar-refractivity contribution < 1.29 is 14.3 Å². The van der Waals surface area contributed by atoms with Crippen LogP contribution in [-0.4, -0.2) is 37.5 Å². The molecule has 0 bridgehead atoms. The van der Waals surface area contributed by atoms with Crippen molar-refractivity contribution in [3.63, 3.8) is 0 Å². The van der Waals surface area contributed by atoms with Crippen molar-refractivity contribution in [1.82, 2.24) is 10.9 Å². The van der Waals surface area contributed by atoms with Crippen LogP contribution in [0.2, 0.25) is 0 Å². The van der Waals surface area contributed by atoms with Gasteiger partial charge in [0, 0.05) is 12.4 Å². The van der Waals surface area contributed by atoms with Gasteiger partial charge in [-0.1, -0.05) is 72.8 Å². The SMILES string of the molecule is O=C(COCC(=O)NN=CC=Cc1ccccc1)NN=CC=Cc1ccccc1. The molecule has 0 saturated carbocycles. The van der Waals surface area contributed by atoms with Crippen molar-refractivity contribution in [2.24, 2.45) is 10.2 Å². The van der Waals surface area contributed by atoms with Gasteiger partial charge in [0.1, 0.15) is 13.2 Å². The number of carbonyl (C=O) groups excluding carboxylic acids is 2. The zero-order valence-corrected chi connectivity index (χ0v) is 15.8. The molecule has 0 atom stereocenters. The van der Waals surface area contributed by atoms with E-state index in [2.05, 4.69) is 21.1 Å². The number of hydrazone groups is 2. The molecular formula is C22H22N4O3. The number of amides is 2. The Labute approximate surface area is 169 Å². The molecule has 0 spiro atoms. The van der Waals surface area contributed by atoms with E-state index < -0.39 is 11.8 Å². The average Bonchev–Trinajstić information content (AvgIpc) is 2.75. The highest BCUT2D eigenvalue weighted by molar-refractivity contribution is 5.83. The van der Waals surface area contributed by atoms with Crippen LogP contribution in [0.4, 0.5) is 0 Å². The zero-order chi connectivity index (χ0) is 20.6. The molecule has 148 valence electrons. The number of rotatable bonds is 10. The Bertz CT molecular complexity index is 802. The molecule has 2 aromatic rings. The second-order valence-electron chi connectivity index (χ2n) is 5.66. The minimum atomic E-state index is -0.462. The molecule has 0 unspecified atom stereocenters. The minimum Gasteiger partial charge on any atom is -0.362 e. The van der Waals surface area contributed by atoms with Crippen molar-refractivity contribution in [2.75, 3.05) is 13.2 Å². The Morgan fingerprint density at radius 2 is 1.14 bits per heavy atom. The van der Waals surface area contributed by atoms with Crippen LogP contribution in [0, 0.1) is 0 Å². The lowest BCUT2D eigenvalue weighted by Gasteiger charge is -2.01.